The number of rotatable bonds is 3. The highest BCUT2D eigenvalue weighted by Gasteiger charge is 2.27. The first-order chi connectivity index (χ1) is 11.8. The minimum atomic E-state index is 0.395. The van der Waals surface area contributed by atoms with Gasteiger partial charge in [0.25, 0.3) is 0 Å². The van der Waals surface area contributed by atoms with Crippen LogP contribution in [0.3, 0.4) is 0 Å². The molecule has 1 fully saturated rings. The van der Waals surface area contributed by atoms with Crippen LogP contribution in [0.2, 0.25) is 0 Å². The van der Waals surface area contributed by atoms with Crippen molar-refractivity contribution in [2.45, 2.75) is 25.4 Å². The average molecular weight is 320 g/mol. The first kappa shape index (κ1) is 15.0. The van der Waals surface area contributed by atoms with E-state index in [-0.39, 0.29) is 0 Å². The van der Waals surface area contributed by atoms with Crippen LogP contribution in [0.15, 0.2) is 42.5 Å². The van der Waals surface area contributed by atoms with Gasteiger partial charge in [-0.15, -0.1) is 0 Å². The number of hydrogen-bond acceptors (Lipinski definition) is 4. The summed E-state index contributed by atoms with van der Waals surface area (Å²) in [6.07, 6.45) is 2.34. The molecule has 0 spiro atoms. The SMILES string of the molecule is N#Cc1cccc(CN2CCCC2c2ccc3c(c2)OCCO3)c1. The van der Waals surface area contributed by atoms with Crippen LogP contribution < -0.4 is 9.47 Å². The van der Waals surface area contributed by atoms with Crippen molar-refractivity contribution < 1.29 is 9.47 Å². The fraction of sp³-hybridized carbons (Fsp3) is 0.350. The summed E-state index contributed by atoms with van der Waals surface area (Å²) < 4.78 is 11.3. The van der Waals surface area contributed by atoms with Crippen molar-refractivity contribution in [3.63, 3.8) is 0 Å². The molecule has 1 atom stereocenters. The molecule has 2 aromatic carbocycles. The predicted octanol–water partition coefficient (Wildman–Crippen LogP) is 3.67. The first-order valence-corrected chi connectivity index (χ1v) is 8.46. The van der Waals surface area contributed by atoms with Gasteiger partial charge in [0.1, 0.15) is 13.2 Å². The minimum absolute atomic E-state index is 0.395. The van der Waals surface area contributed by atoms with Gasteiger partial charge in [-0.25, -0.2) is 0 Å². The van der Waals surface area contributed by atoms with E-state index < -0.39 is 0 Å². The molecule has 0 N–H and O–H groups in total. The summed E-state index contributed by atoms with van der Waals surface area (Å²) in [5.41, 5.74) is 3.20. The Morgan fingerprint density at radius 3 is 2.83 bits per heavy atom. The van der Waals surface area contributed by atoms with Crippen LogP contribution in [0.5, 0.6) is 11.5 Å². The van der Waals surface area contributed by atoms with Crippen LogP contribution in [0, 0.1) is 11.3 Å². The Balaban J connectivity index is 1.55. The third-order valence-corrected chi connectivity index (χ3v) is 4.76. The highest BCUT2D eigenvalue weighted by Crippen LogP contribution is 2.38. The Morgan fingerprint density at radius 2 is 1.96 bits per heavy atom. The van der Waals surface area contributed by atoms with Crippen molar-refractivity contribution in [1.29, 1.82) is 5.26 Å². The molecule has 122 valence electrons. The molecule has 0 amide bonds. The average Bonchev–Trinajstić information content (AvgIpc) is 3.09. The van der Waals surface area contributed by atoms with Gasteiger partial charge >= 0.3 is 0 Å². The molecule has 1 saturated heterocycles. The molecule has 2 heterocycles. The molecule has 2 aliphatic heterocycles. The molecule has 0 bridgehead atoms. The summed E-state index contributed by atoms with van der Waals surface area (Å²) >= 11 is 0. The summed E-state index contributed by atoms with van der Waals surface area (Å²) in [4.78, 5) is 2.49. The molecule has 2 aromatic rings. The molecule has 0 aromatic heterocycles. The van der Waals surface area contributed by atoms with Gasteiger partial charge in [-0.1, -0.05) is 18.2 Å². The quantitative estimate of drug-likeness (QED) is 0.865. The highest BCUT2D eigenvalue weighted by molar-refractivity contribution is 5.45. The van der Waals surface area contributed by atoms with Crippen molar-refractivity contribution in [2.24, 2.45) is 0 Å². The Bertz CT molecular complexity index is 781. The monoisotopic (exact) mass is 320 g/mol. The van der Waals surface area contributed by atoms with Crippen LogP contribution in [0.1, 0.15) is 35.6 Å². The summed E-state index contributed by atoms with van der Waals surface area (Å²) in [6, 6.07) is 16.8. The molecular weight excluding hydrogens is 300 g/mol. The maximum Gasteiger partial charge on any atom is 0.161 e. The van der Waals surface area contributed by atoms with E-state index in [1.807, 2.05) is 24.3 Å². The summed E-state index contributed by atoms with van der Waals surface area (Å²) in [7, 11) is 0. The van der Waals surface area contributed by atoms with Gasteiger partial charge in [-0.2, -0.15) is 5.26 Å². The molecule has 2 aliphatic rings. The Morgan fingerprint density at radius 1 is 1.08 bits per heavy atom. The third-order valence-electron chi connectivity index (χ3n) is 4.76. The predicted molar refractivity (Wildman–Crippen MR) is 91.0 cm³/mol. The van der Waals surface area contributed by atoms with E-state index in [0.29, 0.717) is 19.3 Å². The van der Waals surface area contributed by atoms with Gasteiger partial charge < -0.3 is 9.47 Å². The van der Waals surface area contributed by atoms with Crippen molar-refractivity contribution >= 4 is 0 Å². The van der Waals surface area contributed by atoms with Crippen molar-refractivity contribution in [3.8, 4) is 17.6 Å². The molecule has 4 nitrogen and oxygen atoms in total. The summed E-state index contributed by atoms with van der Waals surface area (Å²) in [5, 5.41) is 9.08. The molecule has 0 aliphatic carbocycles. The van der Waals surface area contributed by atoms with Crippen molar-refractivity contribution in [2.75, 3.05) is 19.8 Å². The lowest BCUT2D eigenvalue weighted by Gasteiger charge is -2.26. The van der Waals surface area contributed by atoms with Gasteiger partial charge in [0.2, 0.25) is 0 Å². The zero-order valence-electron chi connectivity index (χ0n) is 13.6. The van der Waals surface area contributed by atoms with E-state index in [0.717, 1.165) is 36.6 Å². The van der Waals surface area contributed by atoms with E-state index in [4.69, 9.17) is 14.7 Å². The lowest BCUT2D eigenvalue weighted by Crippen LogP contribution is -2.23. The normalized spacial score (nSPS) is 19.9. The second-order valence-corrected chi connectivity index (χ2v) is 6.34. The standard InChI is InChI=1S/C20H20N2O2/c21-13-15-3-1-4-16(11-15)14-22-8-2-5-18(22)17-6-7-19-20(12-17)24-10-9-23-19/h1,3-4,6-7,11-12,18H,2,5,8-10,14H2. The third kappa shape index (κ3) is 2.95. The van der Waals surface area contributed by atoms with Crippen LogP contribution >= 0.6 is 0 Å². The van der Waals surface area contributed by atoms with E-state index in [1.165, 1.54) is 17.5 Å². The second kappa shape index (κ2) is 6.54. The number of benzene rings is 2. The molecule has 24 heavy (non-hydrogen) atoms. The molecule has 4 heteroatoms. The Kier molecular flexibility index (Phi) is 4.10. The number of nitriles is 1. The zero-order chi connectivity index (χ0) is 16.4. The summed E-state index contributed by atoms with van der Waals surface area (Å²) in [6.45, 7) is 3.19. The number of fused-ring (bicyclic) bond motifs is 1. The van der Waals surface area contributed by atoms with E-state index in [9.17, 15) is 0 Å². The largest absolute Gasteiger partial charge is 0.486 e. The first-order valence-electron chi connectivity index (χ1n) is 8.46. The van der Waals surface area contributed by atoms with Crippen LogP contribution in [-0.4, -0.2) is 24.7 Å². The van der Waals surface area contributed by atoms with E-state index in [2.05, 4.69) is 29.2 Å². The van der Waals surface area contributed by atoms with Crippen molar-refractivity contribution in [1.82, 2.24) is 4.90 Å². The van der Waals surface area contributed by atoms with Crippen LogP contribution in [0.25, 0.3) is 0 Å². The fourth-order valence-corrected chi connectivity index (χ4v) is 3.63. The van der Waals surface area contributed by atoms with E-state index in [1.54, 1.807) is 0 Å². The van der Waals surface area contributed by atoms with Gasteiger partial charge in [0.15, 0.2) is 11.5 Å². The topological polar surface area (TPSA) is 45.5 Å². The highest BCUT2D eigenvalue weighted by atomic mass is 16.6. The Labute approximate surface area is 142 Å². The fourth-order valence-electron chi connectivity index (χ4n) is 3.63. The molecular formula is C20H20N2O2. The summed E-state index contributed by atoms with van der Waals surface area (Å²) in [5.74, 6) is 1.70. The lowest BCUT2D eigenvalue weighted by molar-refractivity contribution is 0.170. The molecule has 0 saturated carbocycles. The Hall–Kier alpha value is -2.51. The van der Waals surface area contributed by atoms with Crippen LogP contribution in [0.4, 0.5) is 0 Å². The van der Waals surface area contributed by atoms with E-state index >= 15 is 0 Å². The smallest absolute Gasteiger partial charge is 0.161 e. The number of nitrogens with zero attached hydrogens (tertiary/aromatic N) is 2. The molecule has 0 radical (unpaired) electrons. The van der Waals surface area contributed by atoms with Gasteiger partial charge in [0.05, 0.1) is 11.6 Å². The lowest BCUT2D eigenvalue weighted by atomic mass is 10.0. The molecule has 4 rings (SSSR count). The number of likely N-dealkylation sites (tertiary alicyclic amines) is 1. The van der Waals surface area contributed by atoms with Gasteiger partial charge in [-0.3, -0.25) is 4.90 Å². The number of hydrogen-bond donors (Lipinski definition) is 0. The molecule has 1 unspecified atom stereocenters. The maximum absolute atomic E-state index is 9.08. The second-order valence-electron chi connectivity index (χ2n) is 6.34. The van der Waals surface area contributed by atoms with Crippen LogP contribution in [-0.2, 0) is 6.54 Å². The van der Waals surface area contributed by atoms with Gasteiger partial charge in [-0.05, 0) is 54.8 Å². The number of ether oxygens (including phenoxy) is 2. The minimum Gasteiger partial charge on any atom is -0.486 e. The maximum atomic E-state index is 9.08. The van der Waals surface area contributed by atoms with Gasteiger partial charge in [0, 0.05) is 12.6 Å². The van der Waals surface area contributed by atoms with Crippen molar-refractivity contribution in [3.05, 3.63) is 59.2 Å². The zero-order valence-corrected chi connectivity index (χ0v) is 13.6.